The number of benzene rings is 2. The summed E-state index contributed by atoms with van der Waals surface area (Å²) in [7, 11) is -2.37. The predicted molar refractivity (Wildman–Crippen MR) is 71.2 cm³/mol. The Morgan fingerprint density at radius 2 is 1.35 bits per heavy atom. The minimum atomic E-state index is -2.37. The number of hydrogen-bond donors (Lipinski definition) is 2. The highest BCUT2D eigenvalue weighted by atomic mass is 28.3. The number of aryl methyl sites for hydroxylation is 2. The molecule has 0 aliphatic carbocycles. The molecule has 0 aromatic heterocycles. The van der Waals surface area contributed by atoms with Crippen molar-refractivity contribution in [2.24, 2.45) is 0 Å². The molecule has 0 saturated heterocycles. The fraction of sp³-hybridized carbons (Fsp3) is 0.143. The van der Waals surface area contributed by atoms with Gasteiger partial charge >= 0.3 is 9.28 Å². The Balaban J connectivity index is 2.53. The zero-order valence-electron chi connectivity index (χ0n) is 9.94. The lowest BCUT2D eigenvalue weighted by Crippen LogP contribution is -2.34. The first kappa shape index (κ1) is 12.0. The van der Waals surface area contributed by atoms with E-state index in [-0.39, 0.29) is 0 Å². The number of rotatable bonds is 2. The summed E-state index contributed by atoms with van der Waals surface area (Å²) in [6, 6.07) is 14.1. The fourth-order valence-electron chi connectivity index (χ4n) is 2.11. The zero-order chi connectivity index (χ0) is 12.4. The second-order valence-electron chi connectivity index (χ2n) is 4.17. The molecule has 0 fully saturated rings. The van der Waals surface area contributed by atoms with Gasteiger partial charge in [0.05, 0.1) is 0 Å². The van der Waals surface area contributed by atoms with Gasteiger partial charge in [-0.3, -0.25) is 0 Å². The SMILES string of the molecule is Cc1cc(-c2ccccc2)cc(C)c1[Si](O)O. The summed E-state index contributed by atoms with van der Waals surface area (Å²) in [5.74, 6) is 0. The lowest BCUT2D eigenvalue weighted by Gasteiger charge is -2.12. The molecule has 0 bridgehead atoms. The molecular weight excluding hydrogens is 228 g/mol. The van der Waals surface area contributed by atoms with Gasteiger partial charge in [0.15, 0.2) is 0 Å². The van der Waals surface area contributed by atoms with E-state index in [1.54, 1.807) is 0 Å². The van der Waals surface area contributed by atoms with Gasteiger partial charge in [0.2, 0.25) is 0 Å². The van der Waals surface area contributed by atoms with Crippen LogP contribution in [0.3, 0.4) is 0 Å². The Kier molecular flexibility index (Phi) is 3.42. The van der Waals surface area contributed by atoms with Gasteiger partial charge in [-0.1, -0.05) is 42.5 Å². The Labute approximate surface area is 103 Å². The Bertz CT molecular complexity index is 498. The third-order valence-corrected chi connectivity index (χ3v) is 4.10. The molecule has 1 radical (unpaired) electrons. The maximum Gasteiger partial charge on any atom is 0.418 e. The van der Waals surface area contributed by atoms with Crippen molar-refractivity contribution < 1.29 is 9.59 Å². The van der Waals surface area contributed by atoms with E-state index >= 15 is 0 Å². The van der Waals surface area contributed by atoms with E-state index in [1.807, 2.05) is 44.2 Å². The molecule has 2 N–H and O–H groups in total. The van der Waals surface area contributed by atoms with Crippen LogP contribution in [0.5, 0.6) is 0 Å². The maximum absolute atomic E-state index is 9.40. The zero-order valence-corrected chi connectivity index (χ0v) is 10.9. The van der Waals surface area contributed by atoms with E-state index in [0.717, 1.165) is 22.3 Å². The van der Waals surface area contributed by atoms with Gasteiger partial charge in [-0.05, 0) is 36.1 Å². The Morgan fingerprint density at radius 3 is 1.82 bits per heavy atom. The monoisotopic (exact) mass is 243 g/mol. The van der Waals surface area contributed by atoms with E-state index in [1.165, 1.54) is 0 Å². The van der Waals surface area contributed by atoms with Crippen LogP contribution in [0.4, 0.5) is 0 Å². The van der Waals surface area contributed by atoms with E-state index in [4.69, 9.17) is 0 Å². The van der Waals surface area contributed by atoms with Crippen LogP contribution in [0.2, 0.25) is 0 Å². The molecule has 0 saturated carbocycles. The van der Waals surface area contributed by atoms with Crippen molar-refractivity contribution in [3.8, 4) is 11.1 Å². The minimum Gasteiger partial charge on any atom is -0.406 e. The average molecular weight is 243 g/mol. The first-order chi connectivity index (χ1) is 8.09. The van der Waals surface area contributed by atoms with E-state index in [0.29, 0.717) is 5.19 Å². The van der Waals surface area contributed by atoms with Gasteiger partial charge in [0.1, 0.15) is 0 Å². The standard InChI is InChI=1S/C14H15O2Si/c1-10-8-13(12-6-4-3-5-7-12)9-11(2)14(10)17(15)16/h3-9,15-16H,1-2H3. The van der Waals surface area contributed by atoms with Gasteiger partial charge in [0.25, 0.3) is 0 Å². The molecule has 0 unspecified atom stereocenters. The summed E-state index contributed by atoms with van der Waals surface area (Å²) in [5.41, 5.74) is 4.16. The molecule has 0 atom stereocenters. The van der Waals surface area contributed by atoms with Gasteiger partial charge in [-0.15, -0.1) is 0 Å². The molecule has 87 valence electrons. The highest BCUT2D eigenvalue weighted by Gasteiger charge is 2.16. The largest absolute Gasteiger partial charge is 0.418 e. The maximum atomic E-state index is 9.40. The Hall–Kier alpha value is -1.42. The Morgan fingerprint density at radius 1 is 0.824 bits per heavy atom. The van der Waals surface area contributed by atoms with Crippen molar-refractivity contribution in [1.82, 2.24) is 0 Å². The van der Waals surface area contributed by atoms with Crippen molar-refractivity contribution in [3.63, 3.8) is 0 Å². The van der Waals surface area contributed by atoms with Crippen LogP contribution in [0.25, 0.3) is 11.1 Å². The van der Waals surface area contributed by atoms with Crippen LogP contribution < -0.4 is 5.19 Å². The predicted octanol–water partition coefficient (Wildman–Crippen LogP) is 1.65. The molecule has 2 aromatic rings. The quantitative estimate of drug-likeness (QED) is 0.787. The second kappa shape index (κ2) is 4.83. The van der Waals surface area contributed by atoms with Crippen molar-refractivity contribution >= 4 is 14.5 Å². The molecule has 0 spiro atoms. The van der Waals surface area contributed by atoms with E-state index < -0.39 is 9.28 Å². The van der Waals surface area contributed by atoms with E-state index in [2.05, 4.69) is 12.1 Å². The highest BCUT2D eigenvalue weighted by Crippen LogP contribution is 2.20. The van der Waals surface area contributed by atoms with Crippen molar-refractivity contribution in [2.75, 3.05) is 0 Å². The number of hydrogen-bond acceptors (Lipinski definition) is 2. The molecule has 2 nitrogen and oxygen atoms in total. The van der Waals surface area contributed by atoms with Gasteiger partial charge in [0, 0.05) is 5.19 Å². The summed E-state index contributed by atoms with van der Waals surface area (Å²) in [6.45, 7) is 3.84. The summed E-state index contributed by atoms with van der Waals surface area (Å²) >= 11 is 0. The van der Waals surface area contributed by atoms with Crippen LogP contribution in [0, 0.1) is 13.8 Å². The first-order valence-corrected chi connectivity index (χ1v) is 6.91. The lowest BCUT2D eigenvalue weighted by atomic mass is 10.0. The van der Waals surface area contributed by atoms with E-state index in [9.17, 15) is 9.59 Å². The molecular formula is C14H15O2Si. The van der Waals surface area contributed by atoms with Crippen molar-refractivity contribution in [1.29, 1.82) is 0 Å². The molecule has 0 amide bonds. The smallest absolute Gasteiger partial charge is 0.406 e. The molecule has 0 aliphatic heterocycles. The topological polar surface area (TPSA) is 40.5 Å². The van der Waals surface area contributed by atoms with Crippen molar-refractivity contribution in [3.05, 3.63) is 53.6 Å². The summed E-state index contributed by atoms with van der Waals surface area (Å²) in [5, 5.41) is 0.703. The third kappa shape index (κ3) is 2.47. The molecule has 0 heterocycles. The van der Waals surface area contributed by atoms with Crippen LogP contribution in [0.1, 0.15) is 11.1 Å². The third-order valence-electron chi connectivity index (χ3n) is 2.86. The highest BCUT2D eigenvalue weighted by molar-refractivity contribution is 6.59. The molecule has 2 rings (SSSR count). The van der Waals surface area contributed by atoms with Crippen LogP contribution in [0.15, 0.2) is 42.5 Å². The summed E-state index contributed by atoms with van der Waals surface area (Å²) in [4.78, 5) is 18.8. The summed E-state index contributed by atoms with van der Waals surface area (Å²) in [6.07, 6.45) is 0. The second-order valence-corrected chi connectivity index (χ2v) is 5.32. The van der Waals surface area contributed by atoms with Crippen LogP contribution in [-0.2, 0) is 0 Å². The van der Waals surface area contributed by atoms with Gasteiger partial charge < -0.3 is 9.59 Å². The van der Waals surface area contributed by atoms with Gasteiger partial charge in [-0.2, -0.15) is 0 Å². The van der Waals surface area contributed by atoms with Crippen molar-refractivity contribution in [2.45, 2.75) is 13.8 Å². The molecule has 0 aliphatic rings. The molecule has 3 heteroatoms. The molecule has 17 heavy (non-hydrogen) atoms. The lowest BCUT2D eigenvalue weighted by molar-refractivity contribution is 0.425. The fourth-order valence-corrected chi connectivity index (χ4v) is 2.96. The normalized spacial score (nSPS) is 10.9. The summed E-state index contributed by atoms with van der Waals surface area (Å²) < 4.78 is 0. The average Bonchev–Trinajstić information content (AvgIpc) is 2.28. The minimum absolute atomic E-state index is 0.703. The van der Waals surface area contributed by atoms with Crippen LogP contribution in [-0.4, -0.2) is 18.9 Å². The molecule has 2 aromatic carbocycles. The first-order valence-electron chi connectivity index (χ1n) is 5.51. The van der Waals surface area contributed by atoms with Gasteiger partial charge in [-0.25, -0.2) is 0 Å². The van der Waals surface area contributed by atoms with Crippen LogP contribution >= 0.6 is 0 Å².